The lowest BCUT2D eigenvalue weighted by atomic mass is 10.0. The van der Waals surface area contributed by atoms with Gasteiger partial charge in [-0.2, -0.15) is 0 Å². The maximum atomic E-state index is 12.4. The van der Waals surface area contributed by atoms with E-state index in [9.17, 15) is 9.90 Å². The fraction of sp³-hybridized carbons (Fsp3) is 0.611. The van der Waals surface area contributed by atoms with Gasteiger partial charge in [0.25, 0.3) is 0 Å². The third kappa shape index (κ3) is 4.85. The Morgan fingerprint density at radius 2 is 2.04 bits per heavy atom. The lowest BCUT2D eigenvalue weighted by Gasteiger charge is -2.38. The van der Waals surface area contributed by atoms with Gasteiger partial charge in [-0.1, -0.05) is 12.1 Å². The maximum Gasteiger partial charge on any atom is 0.410 e. The minimum Gasteiger partial charge on any atom is -0.494 e. The first-order valence-electron chi connectivity index (χ1n) is 8.30. The highest BCUT2D eigenvalue weighted by Gasteiger charge is 2.36. The van der Waals surface area contributed by atoms with Crippen LogP contribution in [-0.4, -0.2) is 54.1 Å². The van der Waals surface area contributed by atoms with Crippen molar-refractivity contribution >= 4 is 6.09 Å². The molecule has 134 valence electrons. The van der Waals surface area contributed by atoms with Crippen LogP contribution in [0.1, 0.15) is 39.4 Å². The van der Waals surface area contributed by atoms with Crippen molar-refractivity contribution in [1.82, 2.24) is 4.90 Å². The van der Waals surface area contributed by atoms with Gasteiger partial charge < -0.3 is 19.3 Å². The molecule has 1 saturated heterocycles. The minimum atomic E-state index is -0.853. The summed E-state index contributed by atoms with van der Waals surface area (Å²) in [6.45, 7) is 9.08. The van der Waals surface area contributed by atoms with Gasteiger partial charge in [0.2, 0.25) is 0 Å². The van der Waals surface area contributed by atoms with Crippen LogP contribution in [0.3, 0.4) is 0 Å². The van der Waals surface area contributed by atoms with Gasteiger partial charge in [0, 0.05) is 6.54 Å². The minimum absolute atomic E-state index is 0.271. The molecule has 0 radical (unpaired) electrons. The molecule has 6 heteroatoms. The van der Waals surface area contributed by atoms with Gasteiger partial charge in [-0.15, -0.1) is 0 Å². The Bertz CT molecular complexity index is 537. The molecule has 24 heavy (non-hydrogen) atoms. The highest BCUT2D eigenvalue weighted by Crippen LogP contribution is 2.26. The van der Waals surface area contributed by atoms with E-state index in [1.54, 1.807) is 17.0 Å². The first-order valence-corrected chi connectivity index (χ1v) is 8.30. The molecule has 1 aromatic rings. The van der Waals surface area contributed by atoms with E-state index in [1.165, 1.54) is 0 Å². The Balaban J connectivity index is 2.12. The molecule has 0 saturated carbocycles. The molecule has 6 nitrogen and oxygen atoms in total. The van der Waals surface area contributed by atoms with E-state index >= 15 is 0 Å². The second kappa shape index (κ2) is 7.85. The average Bonchev–Trinajstić information content (AvgIpc) is 2.53. The van der Waals surface area contributed by atoms with Crippen LogP contribution >= 0.6 is 0 Å². The lowest BCUT2D eigenvalue weighted by Crippen LogP contribution is -2.52. The second-order valence-electron chi connectivity index (χ2n) is 6.76. The molecule has 1 aliphatic rings. The summed E-state index contributed by atoms with van der Waals surface area (Å²) < 4.78 is 16.3. The van der Waals surface area contributed by atoms with E-state index in [0.717, 1.165) is 5.75 Å². The van der Waals surface area contributed by atoms with Crippen LogP contribution in [-0.2, 0) is 9.47 Å². The molecule has 1 amide bonds. The Labute approximate surface area is 143 Å². The summed E-state index contributed by atoms with van der Waals surface area (Å²) in [5, 5.41) is 10.7. The van der Waals surface area contributed by atoms with Crippen LogP contribution in [0.2, 0.25) is 0 Å². The quantitative estimate of drug-likeness (QED) is 0.915. The topological polar surface area (TPSA) is 68.2 Å². The van der Waals surface area contributed by atoms with Crippen LogP contribution in [0.15, 0.2) is 24.3 Å². The molecular formula is C18H27NO5. The van der Waals surface area contributed by atoms with Crippen molar-refractivity contribution in [2.45, 2.75) is 45.4 Å². The summed E-state index contributed by atoms with van der Waals surface area (Å²) in [4.78, 5) is 14.0. The van der Waals surface area contributed by atoms with E-state index in [2.05, 4.69) is 0 Å². The van der Waals surface area contributed by atoms with E-state index in [0.29, 0.717) is 25.3 Å². The smallest absolute Gasteiger partial charge is 0.410 e. The maximum absolute atomic E-state index is 12.4. The van der Waals surface area contributed by atoms with Crippen molar-refractivity contribution in [3.63, 3.8) is 0 Å². The van der Waals surface area contributed by atoms with Crippen molar-refractivity contribution in [3.05, 3.63) is 29.8 Å². The molecule has 0 spiro atoms. The van der Waals surface area contributed by atoms with Crippen LogP contribution in [0.5, 0.6) is 5.75 Å². The average molecular weight is 337 g/mol. The van der Waals surface area contributed by atoms with Gasteiger partial charge >= 0.3 is 6.09 Å². The van der Waals surface area contributed by atoms with Crippen LogP contribution in [0.25, 0.3) is 0 Å². The van der Waals surface area contributed by atoms with Gasteiger partial charge in [0.1, 0.15) is 17.5 Å². The molecule has 1 N–H and O–H groups in total. The number of hydrogen-bond donors (Lipinski definition) is 1. The molecule has 1 aliphatic heterocycles. The van der Waals surface area contributed by atoms with Gasteiger partial charge in [0.15, 0.2) is 0 Å². The Morgan fingerprint density at radius 3 is 2.62 bits per heavy atom. The number of hydrogen-bond acceptors (Lipinski definition) is 5. The van der Waals surface area contributed by atoms with Crippen LogP contribution in [0.4, 0.5) is 4.79 Å². The number of aliphatic hydroxyl groups is 1. The normalized spacial score (nSPS) is 19.7. The number of ether oxygens (including phenoxy) is 3. The molecule has 1 heterocycles. The molecule has 1 fully saturated rings. The molecule has 2 atom stereocenters. The molecule has 1 aromatic carbocycles. The molecule has 0 aliphatic carbocycles. The Kier molecular flexibility index (Phi) is 6.07. The van der Waals surface area contributed by atoms with E-state index in [1.807, 2.05) is 39.8 Å². The first kappa shape index (κ1) is 18.5. The SMILES string of the molecule is CCOc1ccc(C(O)C2COCCN2C(=O)OC(C)(C)C)cc1. The standard InChI is InChI=1S/C18H27NO5/c1-5-23-14-8-6-13(7-9-14)16(20)15-12-22-11-10-19(15)17(21)24-18(2,3)4/h6-9,15-16,20H,5,10-12H2,1-4H3. The van der Waals surface area contributed by atoms with Crippen LogP contribution < -0.4 is 4.74 Å². The lowest BCUT2D eigenvalue weighted by molar-refractivity contribution is -0.0672. The third-order valence-electron chi connectivity index (χ3n) is 3.69. The van der Waals surface area contributed by atoms with Gasteiger partial charge in [-0.25, -0.2) is 4.79 Å². The molecule has 2 rings (SSSR count). The number of morpholine rings is 1. The number of carbonyl (C=O) groups excluding carboxylic acids is 1. The Morgan fingerprint density at radius 1 is 1.38 bits per heavy atom. The predicted molar refractivity (Wildman–Crippen MR) is 90.1 cm³/mol. The fourth-order valence-electron chi connectivity index (χ4n) is 2.58. The Hall–Kier alpha value is -1.79. The highest BCUT2D eigenvalue weighted by molar-refractivity contribution is 5.69. The molecule has 0 bridgehead atoms. The zero-order valence-corrected chi connectivity index (χ0v) is 14.8. The van der Waals surface area contributed by atoms with E-state index < -0.39 is 23.8 Å². The van der Waals surface area contributed by atoms with E-state index in [4.69, 9.17) is 14.2 Å². The second-order valence-corrected chi connectivity index (χ2v) is 6.76. The predicted octanol–water partition coefficient (Wildman–Crippen LogP) is 2.75. The summed E-state index contributed by atoms with van der Waals surface area (Å²) in [5.41, 5.74) is 0.131. The van der Waals surface area contributed by atoms with Gasteiger partial charge in [-0.05, 0) is 45.4 Å². The van der Waals surface area contributed by atoms with Crippen LogP contribution in [0, 0.1) is 0 Å². The zero-order chi connectivity index (χ0) is 17.7. The van der Waals surface area contributed by atoms with Crippen molar-refractivity contribution in [2.75, 3.05) is 26.4 Å². The third-order valence-corrected chi connectivity index (χ3v) is 3.69. The number of carbonyl (C=O) groups is 1. The largest absolute Gasteiger partial charge is 0.494 e. The number of nitrogens with zero attached hydrogens (tertiary/aromatic N) is 1. The monoisotopic (exact) mass is 337 g/mol. The summed E-state index contributed by atoms with van der Waals surface area (Å²) in [7, 11) is 0. The van der Waals surface area contributed by atoms with Gasteiger partial charge in [0.05, 0.1) is 25.9 Å². The first-order chi connectivity index (χ1) is 11.3. The molecule has 0 aromatic heterocycles. The van der Waals surface area contributed by atoms with Crippen molar-refractivity contribution in [3.8, 4) is 5.75 Å². The van der Waals surface area contributed by atoms with Gasteiger partial charge in [-0.3, -0.25) is 4.90 Å². The zero-order valence-electron chi connectivity index (χ0n) is 14.8. The fourth-order valence-corrected chi connectivity index (χ4v) is 2.58. The molecule has 2 unspecified atom stereocenters. The highest BCUT2D eigenvalue weighted by atomic mass is 16.6. The van der Waals surface area contributed by atoms with Crippen molar-refractivity contribution < 1.29 is 24.1 Å². The summed E-state index contributed by atoms with van der Waals surface area (Å²) >= 11 is 0. The van der Waals surface area contributed by atoms with Crippen molar-refractivity contribution in [2.24, 2.45) is 0 Å². The van der Waals surface area contributed by atoms with E-state index in [-0.39, 0.29) is 6.61 Å². The number of benzene rings is 1. The molecular weight excluding hydrogens is 310 g/mol. The summed E-state index contributed by atoms with van der Waals surface area (Å²) in [6, 6.07) is 6.74. The van der Waals surface area contributed by atoms with Crippen molar-refractivity contribution in [1.29, 1.82) is 0 Å². The number of rotatable bonds is 4. The number of aliphatic hydroxyl groups excluding tert-OH is 1. The number of amides is 1. The summed E-state index contributed by atoms with van der Waals surface area (Å²) in [5.74, 6) is 0.748. The summed E-state index contributed by atoms with van der Waals surface area (Å²) in [6.07, 6.45) is -1.28.